The summed E-state index contributed by atoms with van der Waals surface area (Å²) in [5.41, 5.74) is 4.13. The smallest absolute Gasteiger partial charge is 0.116 e. The molecule has 102 valence electrons. The fraction of sp³-hybridized carbons (Fsp3) is 0.200. The molecule has 0 aromatic carbocycles. The Morgan fingerprint density at radius 2 is 2.20 bits per heavy atom. The molecule has 0 atom stereocenters. The average Bonchev–Trinajstić information content (AvgIpc) is 2.90. The van der Waals surface area contributed by atoms with Crippen molar-refractivity contribution in [3.63, 3.8) is 0 Å². The minimum Gasteiger partial charge on any atom is -0.340 e. The number of aliphatic imine (C=N–C) groups is 2. The van der Waals surface area contributed by atoms with Gasteiger partial charge in [0.05, 0.1) is 12.0 Å². The monoisotopic (exact) mass is 267 g/mol. The summed E-state index contributed by atoms with van der Waals surface area (Å²) < 4.78 is 1.88. The van der Waals surface area contributed by atoms with Gasteiger partial charge in [-0.05, 0) is 13.0 Å². The number of hydrogen-bond donors (Lipinski definition) is 0. The van der Waals surface area contributed by atoms with Gasteiger partial charge in [0.1, 0.15) is 11.4 Å². The Morgan fingerprint density at radius 3 is 2.80 bits per heavy atom. The molecule has 2 rings (SSSR count). The number of hydrogen-bond acceptors (Lipinski definition) is 4. The molecule has 2 aromatic heterocycles. The number of allylic oxidation sites excluding steroid dienone is 1. The Bertz CT molecular complexity index is 679. The molecule has 5 nitrogen and oxygen atoms in total. The molecule has 0 aliphatic rings. The highest BCUT2D eigenvalue weighted by Gasteiger charge is 2.14. The molecule has 0 fully saturated rings. The summed E-state index contributed by atoms with van der Waals surface area (Å²) in [5, 5.41) is 0. The van der Waals surface area contributed by atoms with Crippen molar-refractivity contribution in [3.05, 3.63) is 43.0 Å². The second kappa shape index (κ2) is 6.06. The molecule has 0 amide bonds. The third kappa shape index (κ3) is 2.71. The quantitative estimate of drug-likeness (QED) is 0.800. The molecule has 0 saturated carbocycles. The number of aromatic nitrogens is 3. The summed E-state index contributed by atoms with van der Waals surface area (Å²) in [6.45, 7) is 5.61. The van der Waals surface area contributed by atoms with Crippen LogP contribution in [0.15, 0.2) is 47.4 Å². The van der Waals surface area contributed by atoms with Gasteiger partial charge in [0.15, 0.2) is 0 Å². The molecule has 0 aliphatic carbocycles. The van der Waals surface area contributed by atoms with Crippen LogP contribution < -0.4 is 0 Å². The van der Waals surface area contributed by atoms with E-state index < -0.39 is 0 Å². The first-order valence-electron chi connectivity index (χ1n) is 6.23. The number of pyridine rings is 1. The zero-order chi connectivity index (χ0) is 14.5. The zero-order valence-electron chi connectivity index (χ0n) is 11.9. The first-order chi connectivity index (χ1) is 9.67. The number of nitrogens with zero attached hydrogens (tertiary/aromatic N) is 5. The topological polar surface area (TPSA) is 55.4 Å². The molecule has 0 aliphatic heterocycles. The van der Waals surface area contributed by atoms with E-state index in [9.17, 15) is 0 Å². The lowest BCUT2D eigenvalue weighted by Crippen LogP contribution is -1.98. The minimum absolute atomic E-state index is 0.740. The van der Waals surface area contributed by atoms with Crippen molar-refractivity contribution < 1.29 is 0 Å². The van der Waals surface area contributed by atoms with Crippen molar-refractivity contribution in [2.24, 2.45) is 17.0 Å². The second-order valence-corrected chi connectivity index (χ2v) is 4.30. The van der Waals surface area contributed by atoms with Crippen LogP contribution in [0.25, 0.3) is 11.4 Å². The SMILES string of the molecule is C=CC=Nc1c(C(C)=NC)ccnc1-c1cn(C)cn1. The van der Waals surface area contributed by atoms with Crippen LogP contribution in [0.2, 0.25) is 0 Å². The van der Waals surface area contributed by atoms with E-state index in [-0.39, 0.29) is 0 Å². The van der Waals surface area contributed by atoms with Crippen molar-refractivity contribution in [3.8, 4) is 11.4 Å². The Labute approximate surface area is 118 Å². The van der Waals surface area contributed by atoms with E-state index in [2.05, 4.69) is 26.5 Å². The Kier molecular flexibility index (Phi) is 4.20. The van der Waals surface area contributed by atoms with Gasteiger partial charge in [-0.2, -0.15) is 0 Å². The normalized spacial score (nSPS) is 12.1. The highest BCUT2D eigenvalue weighted by molar-refractivity contribution is 6.05. The molecule has 0 radical (unpaired) electrons. The lowest BCUT2D eigenvalue weighted by Gasteiger charge is -2.08. The van der Waals surface area contributed by atoms with Gasteiger partial charge in [-0.15, -0.1) is 0 Å². The average molecular weight is 267 g/mol. The van der Waals surface area contributed by atoms with Crippen LogP contribution in [-0.4, -0.2) is 33.5 Å². The van der Waals surface area contributed by atoms with Crippen molar-refractivity contribution in [2.75, 3.05) is 7.05 Å². The predicted molar refractivity (Wildman–Crippen MR) is 82.9 cm³/mol. The molecular weight excluding hydrogens is 250 g/mol. The van der Waals surface area contributed by atoms with E-state index in [0.717, 1.165) is 28.4 Å². The van der Waals surface area contributed by atoms with E-state index in [0.29, 0.717) is 0 Å². The maximum atomic E-state index is 4.44. The van der Waals surface area contributed by atoms with Crippen molar-refractivity contribution in [1.82, 2.24) is 14.5 Å². The van der Waals surface area contributed by atoms with Gasteiger partial charge in [0, 0.05) is 44.0 Å². The van der Waals surface area contributed by atoms with Crippen LogP contribution in [0.4, 0.5) is 5.69 Å². The Morgan fingerprint density at radius 1 is 1.40 bits per heavy atom. The van der Waals surface area contributed by atoms with E-state index in [1.807, 2.05) is 30.8 Å². The first-order valence-corrected chi connectivity index (χ1v) is 6.23. The van der Waals surface area contributed by atoms with Crippen LogP contribution in [0.1, 0.15) is 12.5 Å². The molecular formula is C15H17N5. The highest BCUT2D eigenvalue weighted by Crippen LogP contribution is 2.30. The van der Waals surface area contributed by atoms with Gasteiger partial charge in [-0.3, -0.25) is 15.0 Å². The number of aryl methyl sites for hydroxylation is 1. The summed E-state index contributed by atoms with van der Waals surface area (Å²) in [4.78, 5) is 17.4. The molecule has 20 heavy (non-hydrogen) atoms. The summed E-state index contributed by atoms with van der Waals surface area (Å²) in [5.74, 6) is 0. The highest BCUT2D eigenvalue weighted by atomic mass is 15.0. The molecule has 0 spiro atoms. The van der Waals surface area contributed by atoms with Gasteiger partial charge in [-0.25, -0.2) is 4.98 Å². The van der Waals surface area contributed by atoms with Crippen LogP contribution in [0, 0.1) is 0 Å². The predicted octanol–water partition coefficient (Wildman–Crippen LogP) is 2.81. The number of imidazole rings is 1. The maximum absolute atomic E-state index is 4.44. The van der Waals surface area contributed by atoms with Gasteiger partial charge >= 0.3 is 0 Å². The van der Waals surface area contributed by atoms with E-state index in [1.54, 1.807) is 31.9 Å². The van der Waals surface area contributed by atoms with Gasteiger partial charge < -0.3 is 4.57 Å². The third-order valence-corrected chi connectivity index (χ3v) is 2.91. The van der Waals surface area contributed by atoms with E-state index in [1.165, 1.54) is 0 Å². The summed E-state index contributed by atoms with van der Waals surface area (Å²) in [6.07, 6.45) is 8.69. The number of rotatable bonds is 4. The van der Waals surface area contributed by atoms with Crippen LogP contribution in [0.3, 0.4) is 0 Å². The van der Waals surface area contributed by atoms with Crippen LogP contribution in [0.5, 0.6) is 0 Å². The lowest BCUT2D eigenvalue weighted by atomic mass is 10.1. The molecule has 0 N–H and O–H groups in total. The van der Waals surface area contributed by atoms with Gasteiger partial charge in [-0.1, -0.05) is 12.7 Å². The summed E-state index contributed by atoms with van der Waals surface area (Å²) >= 11 is 0. The molecule has 0 saturated heterocycles. The molecule has 0 bridgehead atoms. The van der Waals surface area contributed by atoms with Crippen molar-refractivity contribution >= 4 is 17.6 Å². The van der Waals surface area contributed by atoms with E-state index >= 15 is 0 Å². The fourth-order valence-electron chi connectivity index (χ4n) is 1.85. The second-order valence-electron chi connectivity index (χ2n) is 4.30. The van der Waals surface area contributed by atoms with Gasteiger partial charge in [0.25, 0.3) is 0 Å². The standard InChI is InChI=1S/C15H17N5/c1-5-7-17-14-12(11(2)16-3)6-8-18-15(14)13-9-20(4)10-19-13/h5-10H,1H2,2-4H3. The molecule has 2 heterocycles. The van der Waals surface area contributed by atoms with E-state index in [4.69, 9.17) is 0 Å². The first kappa shape index (κ1) is 13.9. The molecule has 2 aromatic rings. The molecule has 5 heteroatoms. The maximum Gasteiger partial charge on any atom is 0.116 e. The lowest BCUT2D eigenvalue weighted by molar-refractivity contribution is 0.913. The Hall–Kier alpha value is -2.56. The van der Waals surface area contributed by atoms with Crippen molar-refractivity contribution in [1.29, 1.82) is 0 Å². The Balaban J connectivity index is 2.67. The molecule has 0 unspecified atom stereocenters. The largest absolute Gasteiger partial charge is 0.340 e. The van der Waals surface area contributed by atoms with Crippen LogP contribution in [-0.2, 0) is 7.05 Å². The zero-order valence-corrected chi connectivity index (χ0v) is 11.9. The minimum atomic E-state index is 0.740. The fourth-order valence-corrected chi connectivity index (χ4v) is 1.85. The van der Waals surface area contributed by atoms with Crippen molar-refractivity contribution in [2.45, 2.75) is 6.92 Å². The van der Waals surface area contributed by atoms with Gasteiger partial charge in [0.2, 0.25) is 0 Å². The summed E-state index contributed by atoms with van der Waals surface area (Å²) in [6, 6.07) is 1.91. The van der Waals surface area contributed by atoms with Crippen LogP contribution >= 0.6 is 0 Å². The summed E-state index contributed by atoms with van der Waals surface area (Å²) in [7, 11) is 3.68. The third-order valence-electron chi connectivity index (χ3n) is 2.91.